The van der Waals surface area contributed by atoms with E-state index in [2.05, 4.69) is 26.5 Å². The standard InChI is InChI=1S/C8H19N/c1-7(2)8(3)5-4-6-9/h7-8H,4-6,9H2,1-3H3/p+1. The van der Waals surface area contributed by atoms with E-state index in [1.807, 2.05) is 0 Å². The first kappa shape index (κ1) is 8.96. The Labute approximate surface area is 58.6 Å². The van der Waals surface area contributed by atoms with Crippen molar-refractivity contribution in [2.75, 3.05) is 6.54 Å². The van der Waals surface area contributed by atoms with Crippen LogP contribution in [0.5, 0.6) is 0 Å². The van der Waals surface area contributed by atoms with E-state index in [1.165, 1.54) is 12.8 Å². The zero-order valence-electron chi connectivity index (χ0n) is 6.98. The fourth-order valence-electron chi connectivity index (χ4n) is 0.800. The second-order valence-corrected chi connectivity index (χ2v) is 3.22. The van der Waals surface area contributed by atoms with Gasteiger partial charge in [-0.3, -0.25) is 0 Å². The van der Waals surface area contributed by atoms with Crippen LogP contribution in [0.25, 0.3) is 0 Å². The van der Waals surface area contributed by atoms with Gasteiger partial charge in [0.2, 0.25) is 0 Å². The molecule has 0 rings (SSSR count). The molecular weight excluding hydrogens is 110 g/mol. The first-order valence-electron chi connectivity index (χ1n) is 3.97. The second-order valence-electron chi connectivity index (χ2n) is 3.22. The predicted octanol–water partition coefficient (Wildman–Crippen LogP) is 1.30. The Kier molecular flexibility index (Phi) is 4.78. The molecule has 1 heteroatoms. The molecule has 1 nitrogen and oxygen atoms in total. The Bertz CT molecular complexity index is 59.6. The Hall–Kier alpha value is -0.0400. The Morgan fingerprint density at radius 1 is 1.22 bits per heavy atom. The van der Waals surface area contributed by atoms with Gasteiger partial charge in [0, 0.05) is 0 Å². The van der Waals surface area contributed by atoms with Gasteiger partial charge >= 0.3 is 0 Å². The van der Waals surface area contributed by atoms with Crippen LogP contribution in [-0.2, 0) is 0 Å². The maximum Gasteiger partial charge on any atom is 0.0739 e. The maximum absolute atomic E-state index is 3.82. The fourth-order valence-corrected chi connectivity index (χ4v) is 0.800. The third-order valence-electron chi connectivity index (χ3n) is 2.05. The molecule has 1 unspecified atom stereocenters. The summed E-state index contributed by atoms with van der Waals surface area (Å²) in [5, 5.41) is 0. The van der Waals surface area contributed by atoms with Gasteiger partial charge in [0.25, 0.3) is 0 Å². The van der Waals surface area contributed by atoms with Crippen molar-refractivity contribution in [3.8, 4) is 0 Å². The summed E-state index contributed by atoms with van der Waals surface area (Å²) < 4.78 is 0. The summed E-state index contributed by atoms with van der Waals surface area (Å²) in [4.78, 5) is 0. The highest BCUT2D eigenvalue weighted by atomic mass is 14.5. The van der Waals surface area contributed by atoms with Gasteiger partial charge in [0.05, 0.1) is 6.54 Å². The van der Waals surface area contributed by atoms with Gasteiger partial charge in [-0.15, -0.1) is 0 Å². The number of quaternary nitrogens is 1. The van der Waals surface area contributed by atoms with E-state index in [0.717, 1.165) is 18.4 Å². The molecule has 56 valence electrons. The minimum atomic E-state index is 0.844. The summed E-state index contributed by atoms with van der Waals surface area (Å²) in [5.74, 6) is 1.73. The first-order chi connectivity index (χ1) is 4.18. The van der Waals surface area contributed by atoms with Crippen LogP contribution in [0.15, 0.2) is 0 Å². The van der Waals surface area contributed by atoms with Gasteiger partial charge in [-0.2, -0.15) is 0 Å². The summed E-state index contributed by atoms with van der Waals surface area (Å²) in [7, 11) is 0. The van der Waals surface area contributed by atoms with Crippen molar-refractivity contribution >= 4 is 0 Å². The fraction of sp³-hybridized carbons (Fsp3) is 1.00. The average molecular weight is 130 g/mol. The maximum atomic E-state index is 3.82. The lowest BCUT2D eigenvalue weighted by molar-refractivity contribution is -0.368. The Morgan fingerprint density at radius 2 is 1.78 bits per heavy atom. The van der Waals surface area contributed by atoms with Crippen molar-refractivity contribution in [1.29, 1.82) is 0 Å². The van der Waals surface area contributed by atoms with Crippen molar-refractivity contribution < 1.29 is 5.73 Å². The molecule has 0 aliphatic rings. The van der Waals surface area contributed by atoms with E-state index in [9.17, 15) is 0 Å². The van der Waals surface area contributed by atoms with Gasteiger partial charge in [0.15, 0.2) is 0 Å². The van der Waals surface area contributed by atoms with Crippen LogP contribution in [0.3, 0.4) is 0 Å². The van der Waals surface area contributed by atoms with Crippen LogP contribution in [0.4, 0.5) is 0 Å². The topological polar surface area (TPSA) is 27.6 Å². The minimum absolute atomic E-state index is 0.844. The number of rotatable bonds is 4. The van der Waals surface area contributed by atoms with Gasteiger partial charge < -0.3 is 5.73 Å². The molecular formula is C8H20N+. The lowest BCUT2D eigenvalue weighted by atomic mass is 9.93. The molecule has 1 atom stereocenters. The summed E-state index contributed by atoms with van der Waals surface area (Å²) in [6, 6.07) is 0. The molecule has 0 aliphatic carbocycles. The van der Waals surface area contributed by atoms with Crippen molar-refractivity contribution in [1.82, 2.24) is 0 Å². The summed E-state index contributed by atoms with van der Waals surface area (Å²) >= 11 is 0. The van der Waals surface area contributed by atoms with Crippen molar-refractivity contribution in [2.45, 2.75) is 33.6 Å². The highest BCUT2D eigenvalue weighted by Crippen LogP contribution is 2.14. The van der Waals surface area contributed by atoms with Crippen LogP contribution < -0.4 is 5.73 Å². The Balaban J connectivity index is 3.16. The molecule has 0 aromatic carbocycles. The molecule has 0 aromatic rings. The molecule has 0 saturated heterocycles. The molecule has 9 heavy (non-hydrogen) atoms. The first-order valence-corrected chi connectivity index (χ1v) is 3.97. The zero-order chi connectivity index (χ0) is 7.28. The van der Waals surface area contributed by atoms with Crippen LogP contribution in [-0.4, -0.2) is 6.54 Å². The van der Waals surface area contributed by atoms with Gasteiger partial charge in [-0.25, -0.2) is 0 Å². The van der Waals surface area contributed by atoms with Gasteiger partial charge in [-0.1, -0.05) is 20.8 Å². The normalized spacial score (nSPS) is 14.3. The Morgan fingerprint density at radius 3 is 2.11 bits per heavy atom. The number of hydrogen-bond donors (Lipinski definition) is 1. The predicted molar refractivity (Wildman–Crippen MR) is 41.0 cm³/mol. The van der Waals surface area contributed by atoms with Crippen LogP contribution in [0.1, 0.15) is 33.6 Å². The molecule has 0 aliphatic heterocycles. The third-order valence-corrected chi connectivity index (χ3v) is 2.05. The monoisotopic (exact) mass is 130 g/mol. The lowest BCUT2D eigenvalue weighted by Gasteiger charge is -2.13. The van der Waals surface area contributed by atoms with Crippen LogP contribution in [0, 0.1) is 11.8 Å². The van der Waals surface area contributed by atoms with E-state index >= 15 is 0 Å². The average Bonchev–Trinajstić information content (AvgIpc) is 1.82. The van der Waals surface area contributed by atoms with E-state index in [-0.39, 0.29) is 0 Å². The molecule has 0 aromatic heterocycles. The van der Waals surface area contributed by atoms with E-state index in [1.54, 1.807) is 0 Å². The molecule has 3 N–H and O–H groups in total. The van der Waals surface area contributed by atoms with Crippen molar-refractivity contribution in [2.24, 2.45) is 11.8 Å². The molecule has 0 spiro atoms. The van der Waals surface area contributed by atoms with E-state index < -0.39 is 0 Å². The number of hydrogen-bond acceptors (Lipinski definition) is 0. The highest BCUT2D eigenvalue weighted by molar-refractivity contribution is 4.55. The highest BCUT2D eigenvalue weighted by Gasteiger charge is 2.05. The SMILES string of the molecule is CC(C)C(C)CCC[NH3+]. The molecule has 0 amide bonds. The van der Waals surface area contributed by atoms with Crippen molar-refractivity contribution in [3.05, 3.63) is 0 Å². The smallest absolute Gasteiger partial charge is 0.0739 e. The molecule has 0 heterocycles. The molecule has 0 radical (unpaired) electrons. The molecule has 0 fully saturated rings. The van der Waals surface area contributed by atoms with E-state index in [0.29, 0.717) is 0 Å². The quantitative estimate of drug-likeness (QED) is 0.594. The van der Waals surface area contributed by atoms with Crippen LogP contribution in [0.2, 0.25) is 0 Å². The molecule has 0 saturated carbocycles. The van der Waals surface area contributed by atoms with E-state index in [4.69, 9.17) is 0 Å². The second kappa shape index (κ2) is 4.80. The minimum Gasteiger partial charge on any atom is -0.358 e. The summed E-state index contributed by atoms with van der Waals surface area (Å²) in [5.41, 5.74) is 3.82. The van der Waals surface area contributed by atoms with Crippen LogP contribution >= 0.6 is 0 Å². The largest absolute Gasteiger partial charge is 0.358 e. The summed E-state index contributed by atoms with van der Waals surface area (Å²) in [6.45, 7) is 7.99. The molecule has 0 bridgehead atoms. The summed E-state index contributed by atoms with van der Waals surface area (Å²) in [6.07, 6.45) is 2.64. The lowest BCUT2D eigenvalue weighted by Crippen LogP contribution is -2.50. The van der Waals surface area contributed by atoms with Gasteiger partial charge in [-0.05, 0) is 24.7 Å². The van der Waals surface area contributed by atoms with Gasteiger partial charge in [0.1, 0.15) is 0 Å². The van der Waals surface area contributed by atoms with Crippen molar-refractivity contribution in [3.63, 3.8) is 0 Å². The third kappa shape index (κ3) is 4.46. The zero-order valence-corrected chi connectivity index (χ0v) is 6.98.